The number of rotatable bonds is 4. The molecule has 0 aliphatic carbocycles. The molecule has 0 fully saturated rings. The third-order valence-electron chi connectivity index (χ3n) is 2.83. The number of hydrogen-bond acceptors (Lipinski definition) is 2. The summed E-state index contributed by atoms with van der Waals surface area (Å²) >= 11 is 0. The maximum atomic E-state index is 13.5. The van der Waals surface area contributed by atoms with Gasteiger partial charge in [0.1, 0.15) is 18.2 Å². The molecule has 0 saturated heterocycles. The zero-order valence-corrected chi connectivity index (χ0v) is 11.1. The first kappa shape index (κ1) is 13.6. The molecule has 0 heterocycles. The molecule has 3 heteroatoms. The Bertz CT molecular complexity index is 544. The number of benzene rings is 2. The molecule has 2 aromatic rings. The Labute approximate surface area is 112 Å². The monoisotopic (exact) mass is 260 g/mol. The van der Waals surface area contributed by atoms with E-state index in [-0.39, 0.29) is 0 Å². The summed E-state index contributed by atoms with van der Waals surface area (Å²) in [5, 5.41) is 9.90. The normalized spacial score (nSPS) is 11.4. The lowest BCUT2D eigenvalue weighted by atomic mass is 9.98. The van der Waals surface area contributed by atoms with E-state index in [1.165, 1.54) is 12.1 Å². The summed E-state index contributed by atoms with van der Waals surface area (Å²) in [6.07, 6.45) is 0. The number of aliphatic hydroxyl groups is 1. The van der Waals surface area contributed by atoms with Crippen molar-refractivity contribution in [2.45, 2.75) is 26.1 Å². The van der Waals surface area contributed by atoms with Crippen LogP contribution < -0.4 is 4.74 Å². The second kappa shape index (κ2) is 5.41. The Kier molecular flexibility index (Phi) is 3.86. The van der Waals surface area contributed by atoms with Crippen LogP contribution in [0.3, 0.4) is 0 Å². The Morgan fingerprint density at radius 1 is 1.11 bits per heavy atom. The van der Waals surface area contributed by atoms with Crippen LogP contribution in [0.4, 0.5) is 4.39 Å². The van der Waals surface area contributed by atoms with Gasteiger partial charge in [-0.1, -0.05) is 30.3 Å². The third kappa shape index (κ3) is 3.80. The van der Waals surface area contributed by atoms with Crippen LogP contribution in [-0.4, -0.2) is 5.11 Å². The Morgan fingerprint density at radius 2 is 1.79 bits per heavy atom. The molecule has 0 aliphatic heterocycles. The summed E-state index contributed by atoms with van der Waals surface area (Å²) in [6, 6.07) is 13.9. The second-order valence-electron chi connectivity index (χ2n) is 5.01. The highest BCUT2D eigenvalue weighted by Crippen LogP contribution is 2.26. The quantitative estimate of drug-likeness (QED) is 0.909. The van der Waals surface area contributed by atoms with Crippen LogP contribution in [0.2, 0.25) is 0 Å². The third-order valence-corrected chi connectivity index (χ3v) is 2.83. The molecule has 2 rings (SSSR count). The van der Waals surface area contributed by atoms with Crippen molar-refractivity contribution >= 4 is 0 Å². The average Bonchev–Trinajstić information content (AvgIpc) is 2.36. The van der Waals surface area contributed by atoms with E-state index >= 15 is 0 Å². The highest BCUT2D eigenvalue weighted by atomic mass is 19.1. The van der Waals surface area contributed by atoms with Gasteiger partial charge in [-0.3, -0.25) is 0 Å². The first-order valence-corrected chi connectivity index (χ1v) is 6.15. The van der Waals surface area contributed by atoms with Gasteiger partial charge in [0.2, 0.25) is 0 Å². The van der Waals surface area contributed by atoms with Crippen LogP contribution in [0.1, 0.15) is 25.0 Å². The lowest BCUT2D eigenvalue weighted by Gasteiger charge is -2.19. The molecule has 0 radical (unpaired) electrons. The molecule has 0 bridgehead atoms. The van der Waals surface area contributed by atoms with Crippen molar-refractivity contribution < 1.29 is 14.2 Å². The lowest BCUT2D eigenvalue weighted by molar-refractivity contribution is 0.0778. The van der Waals surface area contributed by atoms with Crippen LogP contribution in [-0.2, 0) is 12.2 Å². The Hall–Kier alpha value is -1.87. The minimum Gasteiger partial charge on any atom is -0.489 e. The summed E-state index contributed by atoms with van der Waals surface area (Å²) in [5.41, 5.74) is 0.416. The second-order valence-corrected chi connectivity index (χ2v) is 5.01. The fraction of sp³-hybridized carbons (Fsp3) is 0.250. The van der Waals surface area contributed by atoms with Crippen molar-refractivity contribution in [3.05, 3.63) is 65.5 Å². The van der Waals surface area contributed by atoms with Crippen molar-refractivity contribution in [3.63, 3.8) is 0 Å². The minimum atomic E-state index is -1.09. The van der Waals surface area contributed by atoms with Gasteiger partial charge in [0.05, 0.1) is 5.60 Å². The molecule has 100 valence electrons. The van der Waals surface area contributed by atoms with Gasteiger partial charge in [-0.25, -0.2) is 4.39 Å². The standard InChI is InChI=1S/C16H17FO2/c1-16(2,18)13-8-14(17)10-15(9-13)19-11-12-6-4-3-5-7-12/h3-10,18H,11H2,1-2H3. The first-order valence-electron chi connectivity index (χ1n) is 6.15. The molecule has 2 nitrogen and oxygen atoms in total. The fourth-order valence-electron chi connectivity index (χ4n) is 1.74. The van der Waals surface area contributed by atoms with E-state index in [1.807, 2.05) is 30.3 Å². The Morgan fingerprint density at radius 3 is 2.42 bits per heavy atom. The summed E-state index contributed by atoms with van der Waals surface area (Å²) in [5.74, 6) is 0.00339. The summed E-state index contributed by atoms with van der Waals surface area (Å²) in [4.78, 5) is 0. The molecule has 0 unspecified atom stereocenters. The average molecular weight is 260 g/mol. The van der Waals surface area contributed by atoms with Crippen molar-refractivity contribution in [2.75, 3.05) is 0 Å². The van der Waals surface area contributed by atoms with Gasteiger partial charge >= 0.3 is 0 Å². The van der Waals surface area contributed by atoms with Gasteiger partial charge in [0.25, 0.3) is 0 Å². The number of halogens is 1. The highest BCUT2D eigenvalue weighted by molar-refractivity contribution is 5.33. The molecule has 0 aromatic heterocycles. The number of hydrogen-bond donors (Lipinski definition) is 1. The smallest absolute Gasteiger partial charge is 0.127 e. The lowest BCUT2D eigenvalue weighted by Crippen LogP contribution is -2.15. The molecule has 1 N–H and O–H groups in total. The van der Waals surface area contributed by atoms with Crippen molar-refractivity contribution in [2.24, 2.45) is 0 Å². The zero-order chi connectivity index (χ0) is 13.9. The predicted molar refractivity (Wildman–Crippen MR) is 72.4 cm³/mol. The van der Waals surface area contributed by atoms with Gasteiger partial charge in [-0.2, -0.15) is 0 Å². The molecule has 2 aromatic carbocycles. The minimum absolute atomic E-state index is 0.371. The van der Waals surface area contributed by atoms with E-state index in [2.05, 4.69) is 0 Å². The maximum absolute atomic E-state index is 13.5. The molecular weight excluding hydrogens is 243 g/mol. The van der Waals surface area contributed by atoms with Crippen LogP contribution in [0.15, 0.2) is 48.5 Å². The molecule has 0 amide bonds. The SMILES string of the molecule is CC(C)(O)c1cc(F)cc(OCc2ccccc2)c1. The van der Waals surface area contributed by atoms with Crippen LogP contribution >= 0.6 is 0 Å². The van der Waals surface area contributed by atoms with Gasteiger partial charge in [0, 0.05) is 6.07 Å². The summed E-state index contributed by atoms with van der Waals surface area (Å²) in [7, 11) is 0. The van der Waals surface area contributed by atoms with Crippen LogP contribution in [0.25, 0.3) is 0 Å². The van der Waals surface area contributed by atoms with E-state index in [0.717, 1.165) is 5.56 Å². The van der Waals surface area contributed by atoms with Gasteiger partial charge in [-0.05, 0) is 37.1 Å². The number of ether oxygens (including phenoxy) is 1. The summed E-state index contributed by atoms with van der Waals surface area (Å²) in [6.45, 7) is 3.60. The summed E-state index contributed by atoms with van der Waals surface area (Å²) < 4.78 is 19.1. The van der Waals surface area contributed by atoms with Crippen molar-refractivity contribution in [1.29, 1.82) is 0 Å². The van der Waals surface area contributed by atoms with E-state index < -0.39 is 11.4 Å². The zero-order valence-electron chi connectivity index (χ0n) is 11.1. The van der Waals surface area contributed by atoms with E-state index in [9.17, 15) is 9.50 Å². The van der Waals surface area contributed by atoms with E-state index in [1.54, 1.807) is 19.9 Å². The molecule has 0 atom stereocenters. The molecule has 0 spiro atoms. The van der Waals surface area contributed by atoms with Crippen LogP contribution in [0.5, 0.6) is 5.75 Å². The highest BCUT2D eigenvalue weighted by Gasteiger charge is 2.18. The van der Waals surface area contributed by atoms with Gasteiger partial charge < -0.3 is 9.84 Å². The van der Waals surface area contributed by atoms with Crippen molar-refractivity contribution in [3.8, 4) is 5.75 Å². The molecule has 19 heavy (non-hydrogen) atoms. The molecular formula is C16H17FO2. The first-order chi connectivity index (χ1) is 8.95. The van der Waals surface area contributed by atoms with Crippen LogP contribution in [0, 0.1) is 5.82 Å². The topological polar surface area (TPSA) is 29.5 Å². The van der Waals surface area contributed by atoms with Gasteiger partial charge in [-0.15, -0.1) is 0 Å². The molecule has 0 saturated carbocycles. The van der Waals surface area contributed by atoms with E-state index in [4.69, 9.17) is 4.74 Å². The largest absolute Gasteiger partial charge is 0.489 e. The van der Waals surface area contributed by atoms with E-state index in [0.29, 0.717) is 17.9 Å². The molecule has 0 aliphatic rings. The predicted octanol–water partition coefficient (Wildman–Crippen LogP) is 3.63. The van der Waals surface area contributed by atoms with Gasteiger partial charge in [0.15, 0.2) is 0 Å². The Balaban J connectivity index is 2.15. The fourth-order valence-corrected chi connectivity index (χ4v) is 1.74. The van der Waals surface area contributed by atoms with Crippen molar-refractivity contribution in [1.82, 2.24) is 0 Å². The maximum Gasteiger partial charge on any atom is 0.127 e.